The third-order valence-corrected chi connectivity index (χ3v) is 3.14. The molecule has 0 aliphatic carbocycles. The van der Waals surface area contributed by atoms with Gasteiger partial charge in [0.1, 0.15) is 23.1 Å². The van der Waals surface area contributed by atoms with Gasteiger partial charge in [0, 0.05) is 6.07 Å². The van der Waals surface area contributed by atoms with Gasteiger partial charge in [-0.25, -0.2) is 9.07 Å². The van der Waals surface area contributed by atoms with E-state index in [1.165, 1.54) is 16.8 Å². The Bertz CT molecular complexity index is 738. The fourth-order valence-electron chi connectivity index (χ4n) is 2.00. The van der Waals surface area contributed by atoms with Crippen LogP contribution < -0.4 is 0 Å². The average molecular weight is 271 g/mol. The standard InChI is InChI=1S/C15H14FN3O/c1-4-9(2)15-12(8-17)10(3)18-19(15)14-6-5-11(20)7-13(14)16/h4-7,20H,1-3H3/b9-4-. The highest BCUT2D eigenvalue weighted by atomic mass is 19.1. The van der Waals surface area contributed by atoms with Gasteiger partial charge in [-0.1, -0.05) is 6.08 Å². The molecule has 1 N–H and O–H groups in total. The predicted octanol–water partition coefficient (Wildman–Crippen LogP) is 3.32. The van der Waals surface area contributed by atoms with Crippen molar-refractivity contribution in [2.24, 2.45) is 0 Å². The summed E-state index contributed by atoms with van der Waals surface area (Å²) in [6.07, 6.45) is 1.84. The molecule has 102 valence electrons. The number of rotatable bonds is 2. The molecule has 0 spiro atoms. The molecule has 0 atom stereocenters. The molecule has 0 saturated heterocycles. The largest absolute Gasteiger partial charge is 0.508 e. The Kier molecular flexibility index (Phi) is 3.57. The van der Waals surface area contributed by atoms with Gasteiger partial charge < -0.3 is 5.11 Å². The number of aryl methyl sites for hydroxylation is 1. The minimum absolute atomic E-state index is 0.153. The highest BCUT2D eigenvalue weighted by Gasteiger charge is 2.19. The Labute approximate surface area is 116 Å². The Morgan fingerprint density at radius 1 is 1.50 bits per heavy atom. The van der Waals surface area contributed by atoms with Crippen LogP contribution >= 0.6 is 0 Å². The summed E-state index contributed by atoms with van der Waals surface area (Å²) in [4.78, 5) is 0. The van der Waals surface area contributed by atoms with Gasteiger partial charge in [0.25, 0.3) is 0 Å². The van der Waals surface area contributed by atoms with Crippen molar-refractivity contribution < 1.29 is 9.50 Å². The number of hydrogen-bond acceptors (Lipinski definition) is 3. The van der Waals surface area contributed by atoms with E-state index < -0.39 is 5.82 Å². The third-order valence-electron chi connectivity index (χ3n) is 3.14. The SMILES string of the molecule is C/C=C(/C)c1c(C#N)c(C)nn1-c1ccc(O)cc1F. The first-order valence-electron chi connectivity index (χ1n) is 6.11. The summed E-state index contributed by atoms with van der Waals surface area (Å²) in [5.74, 6) is -0.748. The van der Waals surface area contributed by atoms with Crippen molar-refractivity contribution in [1.82, 2.24) is 9.78 Å². The van der Waals surface area contributed by atoms with Gasteiger partial charge in [0.2, 0.25) is 0 Å². The molecule has 0 unspecified atom stereocenters. The second-order valence-electron chi connectivity index (χ2n) is 4.44. The summed E-state index contributed by atoms with van der Waals surface area (Å²) in [6, 6.07) is 5.95. The minimum atomic E-state index is -0.595. The van der Waals surface area contributed by atoms with Crippen LogP contribution in [0, 0.1) is 24.1 Å². The first kappa shape index (κ1) is 13.8. The quantitative estimate of drug-likeness (QED) is 0.911. The van der Waals surface area contributed by atoms with E-state index in [9.17, 15) is 14.8 Å². The molecular formula is C15H14FN3O. The van der Waals surface area contributed by atoms with Gasteiger partial charge in [-0.2, -0.15) is 10.4 Å². The number of aromatic hydroxyl groups is 1. The first-order chi connectivity index (χ1) is 9.49. The van der Waals surface area contributed by atoms with Gasteiger partial charge >= 0.3 is 0 Å². The number of phenolic OH excluding ortho intramolecular Hbond substituents is 1. The predicted molar refractivity (Wildman–Crippen MR) is 74.0 cm³/mol. The lowest BCUT2D eigenvalue weighted by Gasteiger charge is -2.09. The van der Waals surface area contributed by atoms with Crippen molar-refractivity contribution in [1.29, 1.82) is 5.26 Å². The number of benzene rings is 1. The third kappa shape index (κ3) is 2.16. The molecule has 0 bridgehead atoms. The van der Waals surface area contributed by atoms with Crippen molar-refractivity contribution in [3.63, 3.8) is 0 Å². The maximum absolute atomic E-state index is 14.0. The number of phenols is 1. The minimum Gasteiger partial charge on any atom is -0.508 e. The molecule has 0 radical (unpaired) electrons. The average Bonchev–Trinajstić information content (AvgIpc) is 2.74. The molecular weight excluding hydrogens is 257 g/mol. The van der Waals surface area contributed by atoms with Crippen molar-refractivity contribution in [2.45, 2.75) is 20.8 Å². The zero-order valence-corrected chi connectivity index (χ0v) is 11.5. The zero-order chi connectivity index (χ0) is 14.9. The maximum Gasteiger partial charge on any atom is 0.152 e. The number of aromatic nitrogens is 2. The number of halogens is 1. The van der Waals surface area contributed by atoms with E-state index in [2.05, 4.69) is 11.2 Å². The summed E-state index contributed by atoms with van der Waals surface area (Å²) in [5.41, 5.74) is 2.56. The Hall–Kier alpha value is -2.61. The summed E-state index contributed by atoms with van der Waals surface area (Å²) in [5, 5.41) is 22.8. The van der Waals surface area contributed by atoms with Gasteiger partial charge in [0.15, 0.2) is 5.82 Å². The highest BCUT2D eigenvalue weighted by molar-refractivity contribution is 5.69. The normalized spacial score (nSPS) is 11.4. The van der Waals surface area contributed by atoms with Crippen molar-refractivity contribution in [2.75, 3.05) is 0 Å². The smallest absolute Gasteiger partial charge is 0.152 e. The van der Waals surface area contributed by atoms with Gasteiger partial charge in [0.05, 0.1) is 11.4 Å². The summed E-state index contributed by atoms with van der Waals surface area (Å²) >= 11 is 0. The lowest BCUT2D eigenvalue weighted by molar-refractivity contribution is 0.468. The van der Waals surface area contributed by atoms with Crippen LogP contribution in [0.4, 0.5) is 4.39 Å². The molecule has 0 saturated carbocycles. The molecule has 0 amide bonds. The van der Waals surface area contributed by atoms with Gasteiger partial charge in [-0.15, -0.1) is 0 Å². The number of nitrogens with zero attached hydrogens (tertiary/aromatic N) is 3. The molecule has 4 nitrogen and oxygen atoms in total. The molecule has 20 heavy (non-hydrogen) atoms. The van der Waals surface area contributed by atoms with E-state index >= 15 is 0 Å². The highest BCUT2D eigenvalue weighted by Crippen LogP contribution is 2.27. The molecule has 1 heterocycles. The van der Waals surface area contributed by atoms with Gasteiger partial charge in [-0.3, -0.25) is 0 Å². The van der Waals surface area contributed by atoms with E-state index in [1.54, 1.807) is 6.92 Å². The second-order valence-corrected chi connectivity index (χ2v) is 4.44. The number of allylic oxidation sites excluding steroid dienone is 2. The lowest BCUT2D eigenvalue weighted by Crippen LogP contribution is -2.04. The maximum atomic E-state index is 14.0. The summed E-state index contributed by atoms with van der Waals surface area (Å²) < 4.78 is 15.4. The van der Waals surface area contributed by atoms with Crippen LogP contribution in [0.15, 0.2) is 24.3 Å². The van der Waals surface area contributed by atoms with Crippen molar-refractivity contribution >= 4 is 5.57 Å². The number of nitriles is 1. The molecule has 0 aliphatic heterocycles. The fourth-order valence-corrected chi connectivity index (χ4v) is 2.00. The lowest BCUT2D eigenvalue weighted by atomic mass is 10.1. The van der Waals surface area contributed by atoms with Gasteiger partial charge in [-0.05, 0) is 38.5 Å². The van der Waals surface area contributed by atoms with Crippen LogP contribution in [0.1, 0.15) is 30.8 Å². The summed E-state index contributed by atoms with van der Waals surface area (Å²) in [6.45, 7) is 5.39. The molecule has 0 fully saturated rings. The topological polar surface area (TPSA) is 61.8 Å². The molecule has 2 rings (SSSR count). The van der Waals surface area contributed by atoms with E-state index in [4.69, 9.17) is 0 Å². The van der Waals surface area contributed by atoms with E-state index in [-0.39, 0.29) is 11.4 Å². The van der Waals surface area contributed by atoms with Crippen LogP contribution in [-0.2, 0) is 0 Å². The molecule has 1 aromatic carbocycles. The van der Waals surface area contributed by atoms with Crippen LogP contribution in [0.2, 0.25) is 0 Å². The van der Waals surface area contributed by atoms with Crippen LogP contribution in [-0.4, -0.2) is 14.9 Å². The molecule has 5 heteroatoms. The first-order valence-corrected chi connectivity index (χ1v) is 6.11. The van der Waals surface area contributed by atoms with Crippen LogP contribution in [0.25, 0.3) is 11.3 Å². The van der Waals surface area contributed by atoms with Crippen LogP contribution in [0.5, 0.6) is 5.75 Å². The Balaban J connectivity index is 2.78. The fraction of sp³-hybridized carbons (Fsp3) is 0.200. The van der Waals surface area contributed by atoms with E-state index in [0.717, 1.165) is 11.6 Å². The Morgan fingerprint density at radius 2 is 2.20 bits per heavy atom. The second kappa shape index (κ2) is 5.17. The number of hydrogen-bond donors (Lipinski definition) is 1. The molecule has 1 aromatic heterocycles. The van der Waals surface area contributed by atoms with E-state index in [0.29, 0.717) is 17.0 Å². The monoisotopic (exact) mass is 271 g/mol. The Morgan fingerprint density at radius 3 is 2.75 bits per heavy atom. The van der Waals surface area contributed by atoms with Crippen molar-refractivity contribution in [3.05, 3.63) is 47.0 Å². The van der Waals surface area contributed by atoms with E-state index in [1.807, 2.05) is 19.9 Å². The van der Waals surface area contributed by atoms with Crippen LogP contribution in [0.3, 0.4) is 0 Å². The molecule has 0 aliphatic rings. The summed E-state index contributed by atoms with van der Waals surface area (Å²) in [7, 11) is 0. The molecule has 2 aromatic rings. The van der Waals surface area contributed by atoms with Crippen molar-refractivity contribution in [3.8, 4) is 17.5 Å². The zero-order valence-electron chi connectivity index (χ0n) is 11.5.